The lowest BCUT2D eigenvalue weighted by molar-refractivity contribution is -0.129. The Balaban J connectivity index is 4.92. The van der Waals surface area contributed by atoms with Gasteiger partial charge in [-0.3, -0.25) is 28.9 Å². The van der Waals surface area contributed by atoms with E-state index in [9.17, 15) is 28.8 Å². The normalized spacial score (nSPS) is 12.5. The molecule has 0 bridgehead atoms. The third-order valence-corrected chi connectivity index (χ3v) is 6.97. The van der Waals surface area contributed by atoms with Crippen LogP contribution in [0.5, 0.6) is 0 Å². The maximum absolute atomic E-state index is 13.1. The summed E-state index contributed by atoms with van der Waals surface area (Å²) in [7, 11) is 1.51. The highest BCUT2D eigenvalue weighted by atomic mass is 16.5. The fraction of sp³-hybridized carbons (Fsp3) is 0.812. The maximum Gasteiger partial charge on any atom is 0.314 e. The van der Waals surface area contributed by atoms with Crippen molar-refractivity contribution in [3.05, 3.63) is 0 Å². The lowest BCUT2D eigenvalue weighted by Crippen LogP contribution is -2.52. The molecule has 50 heavy (non-hydrogen) atoms. The summed E-state index contributed by atoms with van der Waals surface area (Å²) in [6.45, 7) is 12.7. The first-order valence-corrected chi connectivity index (χ1v) is 17.1. The Morgan fingerprint density at radius 3 is 1.64 bits per heavy atom. The average Bonchev–Trinajstić information content (AvgIpc) is 3.02. The number of hydrogen-bond donors (Lipinski definition) is 8. The minimum atomic E-state index is -0.971. The van der Waals surface area contributed by atoms with Crippen molar-refractivity contribution in [3.63, 3.8) is 0 Å². The summed E-state index contributed by atoms with van der Waals surface area (Å²) in [6, 6.07) is -0.324. The van der Waals surface area contributed by atoms with E-state index in [4.69, 9.17) is 19.9 Å². The van der Waals surface area contributed by atoms with Crippen molar-refractivity contribution in [3.8, 4) is 0 Å². The second-order valence-electron chi connectivity index (χ2n) is 12.8. The first kappa shape index (κ1) is 46.4. The van der Waals surface area contributed by atoms with Gasteiger partial charge in [0.25, 0.3) is 0 Å². The Labute approximate surface area is 296 Å². The van der Waals surface area contributed by atoms with Crippen LogP contribution in [-0.2, 0) is 38.2 Å². The van der Waals surface area contributed by atoms with E-state index in [1.807, 2.05) is 13.8 Å². The lowest BCUT2D eigenvalue weighted by atomic mass is 10.0. The van der Waals surface area contributed by atoms with E-state index in [1.165, 1.54) is 11.9 Å². The van der Waals surface area contributed by atoms with Crippen LogP contribution in [0.2, 0.25) is 0 Å². The molecule has 0 rings (SSSR count). The number of rotatable bonds is 28. The van der Waals surface area contributed by atoms with Crippen LogP contribution in [-0.4, -0.2) is 144 Å². The second kappa shape index (κ2) is 26.3. The highest BCUT2D eigenvalue weighted by Crippen LogP contribution is 2.13. The standard InChI is InChI=1S/C32H63N9O9/c1-8-25(42)35-11-9-32(6,33)50-16-10-31(4,5)40-28(45)23-41(22-27(44)37-13-18-49-20-15-39-30(47)34-7)21-26(43)36-12-17-48-19-14-38-29(46)24(2)3/h24H,8-23,33H2,1-7H3,(H,35,42)(H,36,43)(H,37,44)(H,38,46)(H,40,45)(H2,34,39,47). The van der Waals surface area contributed by atoms with Gasteiger partial charge < -0.3 is 57.2 Å². The van der Waals surface area contributed by atoms with E-state index < -0.39 is 29.0 Å². The summed E-state index contributed by atoms with van der Waals surface area (Å²) in [6.07, 6.45) is 1.22. The third-order valence-electron chi connectivity index (χ3n) is 6.97. The van der Waals surface area contributed by atoms with Gasteiger partial charge in [-0.1, -0.05) is 20.8 Å². The van der Waals surface area contributed by atoms with Crippen LogP contribution >= 0.6 is 0 Å². The van der Waals surface area contributed by atoms with E-state index >= 15 is 0 Å². The van der Waals surface area contributed by atoms with Gasteiger partial charge in [0.2, 0.25) is 29.5 Å². The minimum Gasteiger partial charge on any atom is -0.378 e. The monoisotopic (exact) mass is 717 g/mol. The number of ether oxygens (including phenoxy) is 3. The number of urea groups is 1. The number of carbonyl (C=O) groups excluding carboxylic acids is 6. The van der Waals surface area contributed by atoms with E-state index in [2.05, 4.69) is 37.2 Å². The summed E-state index contributed by atoms with van der Waals surface area (Å²) in [5, 5.41) is 18.9. The molecule has 7 amide bonds. The zero-order valence-corrected chi connectivity index (χ0v) is 31.1. The largest absolute Gasteiger partial charge is 0.378 e. The Morgan fingerprint density at radius 1 is 0.660 bits per heavy atom. The zero-order valence-electron chi connectivity index (χ0n) is 31.1. The molecule has 0 saturated heterocycles. The summed E-state index contributed by atoms with van der Waals surface area (Å²) >= 11 is 0. The van der Waals surface area contributed by atoms with Crippen molar-refractivity contribution in [2.45, 2.75) is 72.1 Å². The third kappa shape index (κ3) is 26.3. The van der Waals surface area contributed by atoms with Gasteiger partial charge in [0.15, 0.2) is 0 Å². The van der Waals surface area contributed by atoms with Crippen LogP contribution in [0.15, 0.2) is 0 Å². The number of nitrogens with one attached hydrogen (secondary N) is 7. The molecule has 0 heterocycles. The molecule has 0 saturated carbocycles. The smallest absolute Gasteiger partial charge is 0.314 e. The Bertz CT molecular complexity index is 1040. The van der Waals surface area contributed by atoms with Crippen LogP contribution in [0, 0.1) is 5.92 Å². The summed E-state index contributed by atoms with van der Waals surface area (Å²) in [4.78, 5) is 74.2. The van der Waals surface area contributed by atoms with Crippen molar-refractivity contribution in [2.24, 2.45) is 11.7 Å². The van der Waals surface area contributed by atoms with Gasteiger partial charge in [0.1, 0.15) is 5.72 Å². The van der Waals surface area contributed by atoms with Crippen LogP contribution in [0.1, 0.15) is 60.8 Å². The summed E-state index contributed by atoms with van der Waals surface area (Å²) in [5.41, 5.74) is 4.54. The number of amides is 7. The van der Waals surface area contributed by atoms with Crippen LogP contribution in [0.25, 0.3) is 0 Å². The fourth-order valence-electron chi connectivity index (χ4n) is 4.06. The zero-order chi connectivity index (χ0) is 38.0. The number of nitrogens with zero attached hydrogens (tertiary/aromatic N) is 1. The Morgan fingerprint density at radius 2 is 1.14 bits per heavy atom. The fourth-order valence-corrected chi connectivity index (χ4v) is 4.06. The van der Waals surface area contributed by atoms with E-state index in [1.54, 1.807) is 27.7 Å². The predicted molar refractivity (Wildman–Crippen MR) is 188 cm³/mol. The molecular formula is C32H63N9O9. The van der Waals surface area contributed by atoms with Gasteiger partial charge in [-0.05, 0) is 27.2 Å². The predicted octanol–water partition coefficient (Wildman–Crippen LogP) is -1.85. The molecule has 0 spiro atoms. The molecule has 290 valence electrons. The molecule has 18 heteroatoms. The molecule has 9 N–H and O–H groups in total. The van der Waals surface area contributed by atoms with Crippen molar-refractivity contribution >= 4 is 35.6 Å². The average molecular weight is 718 g/mol. The molecule has 0 aromatic carbocycles. The van der Waals surface area contributed by atoms with E-state index in [0.717, 1.165) is 0 Å². The molecule has 0 aliphatic carbocycles. The molecule has 1 unspecified atom stereocenters. The number of carbonyl (C=O) groups is 6. The van der Waals surface area contributed by atoms with Gasteiger partial charge in [0.05, 0.1) is 52.7 Å². The molecule has 0 aliphatic rings. The lowest BCUT2D eigenvalue weighted by Gasteiger charge is -2.31. The van der Waals surface area contributed by atoms with E-state index in [-0.39, 0.29) is 89.5 Å². The van der Waals surface area contributed by atoms with Gasteiger partial charge >= 0.3 is 6.03 Å². The maximum atomic E-state index is 13.1. The Hall–Kier alpha value is -3.58. The quantitative estimate of drug-likeness (QED) is 0.0330. The van der Waals surface area contributed by atoms with Crippen LogP contribution < -0.4 is 43.0 Å². The number of hydrogen-bond acceptors (Lipinski definition) is 11. The van der Waals surface area contributed by atoms with Gasteiger partial charge in [-0.25, -0.2) is 4.79 Å². The molecular weight excluding hydrogens is 654 g/mol. The molecule has 0 aromatic heterocycles. The van der Waals surface area contributed by atoms with Gasteiger partial charge in [0, 0.05) is 64.1 Å². The van der Waals surface area contributed by atoms with Gasteiger partial charge in [-0.15, -0.1) is 0 Å². The molecule has 0 aliphatic heterocycles. The van der Waals surface area contributed by atoms with Crippen molar-refractivity contribution < 1.29 is 43.0 Å². The van der Waals surface area contributed by atoms with Crippen molar-refractivity contribution in [1.82, 2.24) is 42.1 Å². The molecule has 0 radical (unpaired) electrons. The Kier molecular flexibility index (Phi) is 24.4. The molecule has 0 aromatic rings. The summed E-state index contributed by atoms with van der Waals surface area (Å²) in [5.74, 6) is -1.47. The molecule has 18 nitrogen and oxygen atoms in total. The first-order chi connectivity index (χ1) is 23.5. The van der Waals surface area contributed by atoms with Crippen molar-refractivity contribution in [1.29, 1.82) is 0 Å². The second-order valence-corrected chi connectivity index (χ2v) is 12.8. The number of nitrogens with two attached hydrogens (primary N) is 1. The van der Waals surface area contributed by atoms with E-state index in [0.29, 0.717) is 38.9 Å². The topological polar surface area (TPSA) is 244 Å². The van der Waals surface area contributed by atoms with Crippen LogP contribution in [0.3, 0.4) is 0 Å². The summed E-state index contributed by atoms with van der Waals surface area (Å²) < 4.78 is 16.7. The highest BCUT2D eigenvalue weighted by Gasteiger charge is 2.26. The van der Waals surface area contributed by atoms with Crippen LogP contribution in [0.4, 0.5) is 4.79 Å². The SMILES string of the molecule is CCC(=O)NCCC(C)(N)OCCC(C)(C)NC(=O)CN(CC(=O)NCCOCCNC(=O)NC)CC(=O)NCCOCCNC(=O)C(C)C. The molecule has 1 atom stereocenters. The van der Waals surface area contributed by atoms with Crippen molar-refractivity contribution in [2.75, 3.05) is 92.4 Å². The van der Waals surface area contributed by atoms with Gasteiger partial charge in [-0.2, -0.15) is 0 Å². The first-order valence-electron chi connectivity index (χ1n) is 17.1. The highest BCUT2D eigenvalue weighted by molar-refractivity contribution is 5.84. The minimum absolute atomic E-state index is 0.0688. The molecule has 0 fully saturated rings.